The Balaban J connectivity index is 2.08. The first-order chi connectivity index (χ1) is 7.72. The molecule has 0 unspecified atom stereocenters. The summed E-state index contributed by atoms with van der Waals surface area (Å²) in [6.45, 7) is 1.43. The molecule has 3 nitrogen and oxygen atoms in total. The highest BCUT2D eigenvalue weighted by Crippen LogP contribution is 2.21. The van der Waals surface area contributed by atoms with Crippen LogP contribution in [0.25, 0.3) is 0 Å². The maximum atomic E-state index is 12.1. The number of rotatable bonds is 2. The Labute approximate surface area is 100.0 Å². The molecule has 86 valence electrons. The standard InChI is InChI=1S/C12H16N2OS/c1-16-11-8-14(7-10(11)13)12(15)9-5-3-2-4-6-9/h2-6,10-11H,7-8,13H2,1H3/t10-,11-/m0/s1. The van der Waals surface area contributed by atoms with Crippen molar-refractivity contribution in [3.05, 3.63) is 35.9 Å². The molecule has 0 bridgehead atoms. The van der Waals surface area contributed by atoms with Crippen LogP contribution in [0.2, 0.25) is 0 Å². The van der Waals surface area contributed by atoms with E-state index >= 15 is 0 Å². The maximum Gasteiger partial charge on any atom is 0.253 e. The lowest BCUT2D eigenvalue weighted by molar-refractivity contribution is 0.0791. The van der Waals surface area contributed by atoms with Gasteiger partial charge >= 0.3 is 0 Å². The normalized spacial score (nSPS) is 24.8. The van der Waals surface area contributed by atoms with Crippen LogP contribution >= 0.6 is 11.8 Å². The molecule has 0 radical (unpaired) electrons. The molecule has 1 saturated heterocycles. The molecular weight excluding hydrogens is 220 g/mol. The third-order valence-corrected chi connectivity index (χ3v) is 4.02. The molecule has 1 aromatic rings. The third-order valence-electron chi connectivity index (χ3n) is 2.92. The summed E-state index contributed by atoms with van der Waals surface area (Å²) in [6.07, 6.45) is 2.04. The predicted molar refractivity (Wildman–Crippen MR) is 67.6 cm³/mol. The Hall–Kier alpha value is -1.00. The Morgan fingerprint density at radius 1 is 1.38 bits per heavy atom. The Kier molecular flexibility index (Phi) is 3.51. The van der Waals surface area contributed by atoms with Crippen molar-refractivity contribution in [3.63, 3.8) is 0 Å². The van der Waals surface area contributed by atoms with Crippen LogP contribution in [-0.4, -0.2) is 41.4 Å². The molecule has 0 aromatic heterocycles. The van der Waals surface area contributed by atoms with Crippen LogP contribution in [0, 0.1) is 0 Å². The summed E-state index contributed by atoms with van der Waals surface area (Å²) in [5.41, 5.74) is 6.73. The largest absolute Gasteiger partial charge is 0.336 e. The summed E-state index contributed by atoms with van der Waals surface area (Å²) in [5.74, 6) is 0.0904. The fourth-order valence-corrected chi connectivity index (χ4v) is 2.74. The van der Waals surface area contributed by atoms with Crippen molar-refractivity contribution in [2.75, 3.05) is 19.3 Å². The zero-order valence-corrected chi connectivity index (χ0v) is 10.1. The lowest BCUT2D eigenvalue weighted by atomic mass is 10.2. The van der Waals surface area contributed by atoms with Gasteiger partial charge in [0.2, 0.25) is 0 Å². The minimum Gasteiger partial charge on any atom is -0.336 e. The second-order valence-electron chi connectivity index (χ2n) is 4.01. The van der Waals surface area contributed by atoms with E-state index in [-0.39, 0.29) is 11.9 Å². The number of likely N-dealkylation sites (tertiary alicyclic amines) is 1. The first-order valence-electron chi connectivity index (χ1n) is 5.35. The smallest absolute Gasteiger partial charge is 0.253 e. The van der Waals surface area contributed by atoms with Crippen LogP contribution in [0.5, 0.6) is 0 Å². The van der Waals surface area contributed by atoms with Crippen LogP contribution in [-0.2, 0) is 0 Å². The molecule has 0 spiro atoms. The molecule has 1 aliphatic rings. The number of thioether (sulfide) groups is 1. The average molecular weight is 236 g/mol. The molecular formula is C12H16N2OS. The van der Waals surface area contributed by atoms with E-state index in [2.05, 4.69) is 0 Å². The van der Waals surface area contributed by atoms with Crippen LogP contribution in [0.15, 0.2) is 30.3 Å². The van der Waals surface area contributed by atoms with E-state index in [9.17, 15) is 4.79 Å². The van der Waals surface area contributed by atoms with Gasteiger partial charge in [-0.3, -0.25) is 4.79 Å². The molecule has 2 atom stereocenters. The number of benzene rings is 1. The highest BCUT2D eigenvalue weighted by Gasteiger charge is 2.32. The summed E-state index contributed by atoms with van der Waals surface area (Å²) in [6, 6.07) is 9.48. The molecule has 0 saturated carbocycles. The van der Waals surface area contributed by atoms with Crippen LogP contribution in [0.4, 0.5) is 0 Å². The molecule has 2 N–H and O–H groups in total. The molecule has 1 aliphatic heterocycles. The van der Waals surface area contributed by atoms with Gasteiger partial charge in [-0.15, -0.1) is 0 Å². The SMILES string of the molecule is CS[C@H]1CN(C(=O)c2ccccc2)C[C@@H]1N. The van der Waals surface area contributed by atoms with Gasteiger partial charge in [0, 0.05) is 29.9 Å². The van der Waals surface area contributed by atoms with Gasteiger partial charge in [-0.1, -0.05) is 18.2 Å². The van der Waals surface area contributed by atoms with E-state index in [0.717, 1.165) is 12.1 Å². The van der Waals surface area contributed by atoms with Crippen molar-refractivity contribution in [1.82, 2.24) is 4.90 Å². The molecule has 1 aromatic carbocycles. The predicted octanol–water partition coefficient (Wildman–Crippen LogP) is 1.20. The van der Waals surface area contributed by atoms with E-state index in [4.69, 9.17) is 5.73 Å². The first kappa shape index (κ1) is 11.5. The average Bonchev–Trinajstić information content (AvgIpc) is 2.71. The zero-order valence-electron chi connectivity index (χ0n) is 9.30. The van der Waals surface area contributed by atoms with E-state index in [1.807, 2.05) is 41.5 Å². The molecule has 1 amide bonds. The van der Waals surface area contributed by atoms with Crippen LogP contribution in [0.1, 0.15) is 10.4 Å². The highest BCUT2D eigenvalue weighted by atomic mass is 32.2. The van der Waals surface area contributed by atoms with Crippen molar-refractivity contribution in [2.45, 2.75) is 11.3 Å². The summed E-state index contributed by atoms with van der Waals surface area (Å²) in [4.78, 5) is 14.0. The minimum absolute atomic E-state index is 0.0904. The van der Waals surface area contributed by atoms with E-state index in [0.29, 0.717) is 11.8 Å². The second kappa shape index (κ2) is 4.89. The summed E-state index contributed by atoms with van der Waals surface area (Å²) < 4.78 is 0. The van der Waals surface area contributed by atoms with Crippen molar-refractivity contribution < 1.29 is 4.79 Å². The quantitative estimate of drug-likeness (QED) is 0.839. The molecule has 1 heterocycles. The van der Waals surface area contributed by atoms with E-state index in [1.54, 1.807) is 11.8 Å². The highest BCUT2D eigenvalue weighted by molar-refractivity contribution is 7.99. The number of hydrogen-bond acceptors (Lipinski definition) is 3. The van der Waals surface area contributed by atoms with Gasteiger partial charge < -0.3 is 10.6 Å². The lowest BCUT2D eigenvalue weighted by Gasteiger charge is -2.15. The van der Waals surface area contributed by atoms with E-state index < -0.39 is 0 Å². The van der Waals surface area contributed by atoms with Gasteiger partial charge in [0.15, 0.2) is 0 Å². The molecule has 0 aliphatic carbocycles. The minimum atomic E-state index is 0.0904. The molecule has 4 heteroatoms. The topological polar surface area (TPSA) is 46.3 Å². The van der Waals surface area contributed by atoms with Crippen LogP contribution in [0.3, 0.4) is 0 Å². The van der Waals surface area contributed by atoms with Gasteiger partial charge in [-0.2, -0.15) is 11.8 Å². The second-order valence-corrected chi connectivity index (χ2v) is 5.09. The summed E-state index contributed by atoms with van der Waals surface area (Å²) >= 11 is 1.74. The summed E-state index contributed by atoms with van der Waals surface area (Å²) in [5, 5.41) is 0.368. The van der Waals surface area contributed by atoms with Gasteiger partial charge in [0.05, 0.1) is 0 Å². The monoisotopic (exact) mass is 236 g/mol. The maximum absolute atomic E-state index is 12.1. The fraction of sp³-hybridized carbons (Fsp3) is 0.417. The Bertz CT molecular complexity index is 369. The number of nitrogens with two attached hydrogens (primary N) is 1. The van der Waals surface area contributed by atoms with Gasteiger partial charge in [0.1, 0.15) is 0 Å². The van der Waals surface area contributed by atoms with Crippen molar-refractivity contribution >= 4 is 17.7 Å². The molecule has 1 fully saturated rings. The number of hydrogen-bond donors (Lipinski definition) is 1. The zero-order chi connectivity index (χ0) is 11.5. The third kappa shape index (κ3) is 2.23. The summed E-state index contributed by atoms with van der Waals surface area (Å²) in [7, 11) is 0. The Morgan fingerprint density at radius 2 is 2.06 bits per heavy atom. The van der Waals surface area contributed by atoms with Crippen molar-refractivity contribution in [3.8, 4) is 0 Å². The number of amides is 1. The molecule has 2 rings (SSSR count). The fourth-order valence-electron chi connectivity index (χ4n) is 1.98. The van der Waals surface area contributed by atoms with Crippen molar-refractivity contribution in [2.24, 2.45) is 5.73 Å². The Morgan fingerprint density at radius 3 is 2.62 bits per heavy atom. The van der Waals surface area contributed by atoms with Crippen LogP contribution < -0.4 is 5.73 Å². The number of carbonyl (C=O) groups excluding carboxylic acids is 1. The van der Waals surface area contributed by atoms with E-state index in [1.165, 1.54) is 0 Å². The van der Waals surface area contributed by atoms with Crippen molar-refractivity contribution in [1.29, 1.82) is 0 Å². The number of carbonyl (C=O) groups is 1. The molecule has 16 heavy (non-hydrogen) atoms. The van der Waals surface area contributed by atoms with Gasteiger partial charge in [-0.25, -0.2) is 0 Å². The van der Waals surface area contributed by atoms with Gasteiger partial charge in [0.25, 0.3) is 5.91 Å². The lowest BCUT2D eigenvalue weighted by Crippen LogP contribution is -2.32. The van der Waals surface area contributed by atoms with Gasteiger partial charge in [-0.05, 0) is 18.4 Å². The first-order valence-corrected chi connectivity index (χ1v) is 6.64. The number of nitrogens with zero attached hydrogens (tertiary/aromatic N) is 1.